The van der Waals surface area contributed by atoms with Crippen LogP contribution in [0.1, 0.15) is 18.0 Å². The Morgan fingerprint density at radius 3 is 2.67 bits per heavy atom. The zero-order valence-electron chi connectivity index (χ0n) is 11.1. The number of carbonyl (C=O) groups is 2. The van der Waals surface area contributed by atoms with E-state index >= 15 is 0 Å². The van der Waals surface area contributed by atoms with E-state index in [1.54, 1.807) is 24.3 Å². The van der Waals surface area contributed by atoms with Gasteiger partial charge in [-0.1, -0.05) is 35.5 Å². The highest BCUT2D eigenvalue weighted by Gasteiger charge is 2.19. The standard InChI is InChI=1S/C13H15ClN4O2S/c14-9-3-1-8(2-4-9)10(17-12(15)20)7-11(19)18-13-16-5-6-21-13/h1-4,10H,5-7H2,(H3,15,17,20)(H,16,18,19)/t10-/m1/s1. The first-order chi connectivity index (χ1) is 10.0. The molecule has 112 valence electrons. The van der Waals surface area contributed by atoms with E-state index in [1.165, 1.54) is 11.8 Å². The third-order valence-corrected chi connectivity index (χ3v) is 3.95. The Balaban J connectivity index is 2.03. The average Bonchev–Trinajstić information content (AvgIpc) is 2.91. The molecule has 0 saturated carbocycles. The lowest BCUT2D eigenvalue weighted by Crippen LogP contribution is -2.37. The molecule has 21 heavy (non-hydrogen) atoms. The number of thioether (sulfide) groups is 1. The van der Waals surface area contributed by atoms with Gasteiger partial charge in [-0.05, 0) is 17.7 Å². The summed E-state index contributed by atoms with van der Waals surface area (Å²) in [5, 5.41) is 6.48. The number of amidine groups is 1. The van der Waals surface area contributed by atoms with Gasteiger partial charge in [-0.2, -0.15) is 0 Å². The fraction of sp³-hybridized carbons (Fsp3) is 0.308. The molecule has 0 radical (unpaired) electrons. The molecule has 8 heteroatoms. The van der Waals surface area contributed by atoms with E-state index in [-0.39, 0.29) is 12.3 Å². The Morgan fingerprint density at radius 2 is 2.10 bits per heavy atom. The van der Waals surface area contributed by atoms with Crippen LogP contribution in [0.2, 0.25) is 5.02 Å². The minimum atomic E-state index is -0.685. The number of primary amides is 1. The van der Waals surface area contributed by atoms with E-state index in [4.69, 9.17) is 17.3 Å². The Labute approximate surface area is 131 Å². The van der Waals surface area contributed by atoms with Gasteiger partial charge in [-0.25, -0.2) is 4.79 Å². The molecule has 0 aliphatic carbocycles. The number of nitrogens with two attached hydrogens (primary N) is 1. The van der Waals surface area contributed by atoms with Crippen LogP contribution in [0.3, 0.4) is 0 Å². The second-order valence-corrected chi connectivity index (χ2v) is 5.92. The summed E-state index contributed by atoms with van der Waals surface area (Å²) in [6.07, 6.45) is 0.0736. The first-order valence-electron chi connectivity index (χ1n) is 6.33. The Morgan fingerprint density at radius 1 is 1.38 bits per heavy atom. The van der Waals surface area contributed by atoms with E-state index in [2.05, 4.69) is 15.6 Å². The van der Waals surface area contributed by atoms with Crippen molar-refractivity contribution in [2.24, 2.45) is 10.7 Å². The highest BCUT2D eigenvalue weighted by molar-refractivity contribution is 8.14. The van der Waals surface area contributed by atoms with Crippen molar-refractivity contribution in [2.45, 2.75) is 12.5 Å². The molecule has 0 spiro atoms. The summed E-state index contributed by atoms with van der Waals surface area (Å²) >= 11 is 7.33. The van der Waals surface area contributed by atoms with Crippen LogP contribution < -0.4 is 16.4 Å². The summed E-state index contributed by atoms with van der Waals surface area (Å²) < 4.78 is 0. The molecular formula is C13H15ClN4O2S. The second-order valence-electron chi connectivity index (χ2n) is 4.40. The zero-order valence-corrected chi connectivity index (χ0v) is 12.7. The van der Waals surface area contributed by atoms with Crippen LogP contribution in [0.5, 0.6) is 0 Å². The van der Waals surface area contributed by atoms with Crippen molar-refractivity contribution in [2.75, 3.05) is 12.3 Å². The van der Waals surface area contributed by atoms with Crippen LogP contribution >= 0.6 is 23.4 Å². The molecule has 0 fully saturated rings. The Bertz CT molecular complexity index is 562. The molecule has 1 aliphatic heterocycles. The highest BCUT2D eigenvalue weighted by Crippen LogP contribution is 2.20. The number of benzene rings is 1. The first-order valence-corrected chi connectivity index (χ1v) is 7.69. The molecule has 4 N–H and O–H groups in total. The molecule has 1 aliphatic rings. The van der Waals surface area contributed by atoms with Gasteiger partial charge in [-0.3, -0.25) is 9.79 Å². The number of aliphatic imine (C=N–C) groups is 1. The Hall–Kier alpha value is -1.73. The van der Waals surface area contributed by atoms with Crippen molar-refractivity contribution in [1.82, 2.24) is 10.6 Å². The zero-order chi connectivity index (χ0) is 15.2. The minimum Gasteiger partial charge on any atom is -0.352 e. The van der Waals surface area contributed by atoms with Gasteiger partial charge in [0.15, 0.2) is 5.17 Å². The summed E-state index contributed by atoms with van der Waals surface area (Å²) in [6, 6.07) is 5.70. The van der Waals surface area contributed by atoms with E-state index in [0.29, 0.717) is 16.7 Å². The lowest BCUT2D eigenvalue weighted by atomic mass is 10.0. The molecule has 6 nitrogen and oxygen atoms in total. The van der Waals surface area contributed by atoms with Crippen molar-refractivity contribution in [3.8, 4) is 0 Å². The molecule has 3 amide bonds. The van der Waals surface area contributed by atoms with Crippen molar-refractivity contribution in [1.29, 1.82) is 0 Å². The van der Waals surface area contributed by atoms with Crippen molar-refractivity contribution < 1.29 is 9.59 Å². The number of halogens is 1. The van der Waals surface area contributed by atoms with E-state index in [0.717, 1.165) is 11.3 Å². The summed E-state index contributed by atoms with van der Waals surface area (Å²) in [5.74, 6) is 0.646. The van der Waals surface area contributed by atoms with Crippen molar-refractivity contribution in [3.05, 3.63) is 34.9 Å². The summed E-state index contributed by atoms with van der Waals surface area (Å²) in [7, 11) is 0. The smallest absolute Gasteiger partial charge is 0.312 e. The van der Waals surface area contributed by atoms with Gasteiger partial charge in [0.1, 0.15) is 0 Å². The minimum absolute atomic E-state index is 0.0736. The van der Waals surface area contributed by atoms with Crippen LogP contribution in [0.15, 0.2) is 29.3 Å². The maximum absolute atomic E-state index is 12.0. The molecule has 1 aromatic carbocycles. The van der Waals surface area contributed by atoms with Crippen LogP contribution in [0.25, 0.3) is 0 Å². The summed E-state index contributed by atoms with van der Waals surface area (Å²) in [4.78, 5) is 27.3. The molecule has 1 aromatic rings. The first kappa shape index (κ1) is 15.7. The number of carbonyl (C=O) groups excluding carboxylic acids is 2. The number of urea groups is 1. The van der Waals surface area contributed by atoms with Crippen molar-refractivity contribution in [3.63, 3.8) is 0 Å². The molecule has 0 bridgehead atoms. The maximum Gasteiger partial charge on any atom is 0.312 e. The van der Waals surface area contributed by atoms with E-state index in [1.807, 2.05) is 0 Å². The molecule has 0 unspecified atom stereocenters. The van der Waals surface area contributed by atoms with Gasteiger partial charge in [-0.15, -0.1) is 0 Å². The van der Waals surface area contributed by atoms with E-state index in [9.17, 15) is 9.59 Å². The highest BCUT2D eigenvalue weighted by atomic mass is 35.5. The lowest BCUT2D eigenvalue weighted by molar-refractivity contribution is -0.120. The topological polar surface area (TPSA) is 96.6 Å². The summed E-state index contributed by atoms with van der Waals surface area (Å²) in [6.45, 7) is 0.709. The molecule has 0 saturated heterocycles. The van der Waals surface area contributed by atoms with Crippen LogP contribution in [0, 0.1) is 0 Å². The maximum atomic E-state index is 12.0. The van der Waals surface area contributed by atoms with E-state index < -0.39 is 12.1 Å². The third kappa shape index (κ3) is 4.95. The largest absolute Gasteiger partial charge is 0.352 e. The monoisotopic (exact) mass is 326 g/mol. The summed E-state index contributed by atoms with van der Waals surface area (Å²) in [5.41, 5.74) is 5.92. The van der Waals surface area contributed by atoms with Crippen LogP contribution in [0.4, 0.5) is 4.79 Å². The number of amides is 3. The normalized spacial score (nSPS) is 15.2. The average molecular weight is 327 g/mol. The third-order valence-electron chi connectivity index (χ3n) is 2.81. The molecular weight excluding hydrogens is 312 g/mol. The van der Waals surface area contributed by atoms with Gasteiger partial charge in [0.2, 0.25) is 5.91 Å². The molecule has 0 aromatic heterocycles. The second kappa shape index (κ2) is 7.33. The quantitative estimate of drug-likeness (QED) is 0.785. The fourth-order valence-electron chi connectivity index (χ4n) is 1.89. The lowest BCUT2D eigenvalue weighted by Gasteiger charge is -2.17. The van der Waals surface area contributed by atoms with Crippen LogP contribution in [-0.2, 0) is 4.79 Å². The van der Waals surface area contributed by atoms with Gasteiger partial charge in [0.05, 0.1) is 19.0 Å². The van der Waals surface area contributed by atoms with Crippen LogP contribution in [-0.4, -0.2) is 29.4 Å². The van der Waals surface area contributed by atoms with Gasteiger partial charge >= 0.3 is 6.03 Å². The number of hydrogen-bond acceptors (Lipinski definition) is 4. The Kier molecular flexibility index (Phi) is 5.46. The van der Waals surface area contributed by atoms with Gasteiger partial charge in [0.25, 0.3) is 0 Å². The van der Waals surface area contributed by atoms with Gasteiger partial charge in [0, 0.05) is 10.8 Å². The number of hydrogen-bond donors (Lipinski definition) is 3. The number of nitrogens with zero attached hydrogens (tertiary/aromatic N) is 1. The molecule has 2 rings (SSSR count). The molecule has 1 atom stereocenters. The molecule has 1 heterocycles. The fourth-order valence-corrected chi connectivity index (χ4v) is 2.76. The predicted octanol–water partition coefficient (Wildman–Crippen LogP) is 1.66. The van der Waals surface area contributed by atoms with Gasteiger partial charge < -0.3 is 16.4 Å². The SMILES string of the molecule is NC(=O)N[C@H](CC(=O)NC1=NCCS1)c1ccc(Cl)cc1. The number of nitrogens with one attached hydrogen (secondary N) is 2. The van der Waals surface area contributed by atoms with Crippen molar-refractivity contribution >= 4 is 40.5 Å². The predicted molar refractivity (Wildman–Crippen MR) is 84.4 cm³/mol. The number of rotatable bonds is 4.